The summed E-state index contributed by atoms with van der Waals surface area (Å²) in [5, 5.41) is 14.8. The van der Waals surface area contributed by atoms with E-state index >= 15 is 0 Å². The maximum atomic E-state index is 12.2. The van der Waals surface area contributed by atoms with E-state index in [1.165, 1.54) is 22.9 Å². The van der Waals surface area contributed by atoms with E-state index in [0.717, 1.165) is 31.5 Å². The largest absolute Gasteiger partial charge is 0.351 e. The Morgan fingerprint density at radius 1 is 1.12 bits per heavy atom. The number of benzene rings is 1. The van der Waals surface area contributed by atoms with Gasteiger partial charge in [-0.3, -0.25) is 9.69 Å². The lowest BCUT2D eigenvalue weighted by Crippen LogP contribution is -2.41. The molecule has 1 amide bonds. The van der Waals surface area contributed by atoms with Crippen molar-refractivity contribution in [3.05, 3.63) is 44.9 Å². The number of likely N-dealkylation sites (tertiary alicyclic amines) is 1. The van der Waals surface area contributed by atoms with Gasteiger partial charge in [-0.1, -0.05) is 29.8 Å². The highest BCUT2D eigenvalue weighted by molar-refractivity contribution is 7.11. The van der Waals surface area contributed by atoms with E-state index in [2.05, 4.69) is 20.4 Å². The molecule has 1 N–H and O–H groups in total. The molecule has 0 atom stereocenters. The number of carbonyl (C=O) groups is 1. The van der Waals surface area contributed by atoms with E-state index in [1.54, 1.807) is 11.3 Å². The van der Waals surface area contributed by atoms with E-state index in [1.807, 2.05) is 24.3 Å². The summed E-state index contributed by atoms with van der Waals surface area (Å²) >= 11 is 7.93. The summed E-state index contributed by atoms with van der Waals surface area (Å²) in [5.41, 5.74) is 0.948. The van der Waals surface area contributed by atoms with Crippen LogP contribution >= 0.6 is 22.9 Å². The average molecular weight is 391 g/mol. The third-order valence-corrected chi connectivity index (χ3v) is 6.74. The monoisotopic (exact) mass is 390 g/mol. The number of piperidine rings is 1. The predicted octanol–water partition coefficient (Wildman–Crippen LogP) is 3.56. The number of amides is 1. The van der Waals surface area contributed by atoms with Crippen molar-refractivity contribution in [2.45, 2.75) is 44.1 Å². The lowest BCUT2D eigenvalue weighted by Gasteiger charge is -2.30. The Kier molecular flexibility index (Phi) is 5.52. The molecule has 1 saturated carbocycles. The molecule has 138 valence electrons. The van der Waals surface area contributed by atoms with Gasteiger partial charge in [0.25, 0.3) is 0 Å². The van der Waals surface area contributed by atoms with Crippen molar-refractivity contribution in [2.24, 2.45) is 0 Å². The summed E-state index contributed by atoms with van der Waals surface area (Å²) in [6.07, 6.45) is 4.65. The molecule has 2 aromatic rings. The quantitative estimate of drug-likeness (QED) is 0.819. The maximum absolute atomic E-state index is 12.2. The van der Waals surface area contributed by atoms with Crippen LogP contribution in [-0.4, -0.2) is 40.6 Å². The van der Waals surface area contributed by atoms with Gasteiger partial charge in [-0.2, -0.15) is 0 Å². The second-order valence-corrected chi connectivity index (χ2v) is 8.62. The second-order valence-electron chi connectivity index (χ2n) is 7.17. The smallest absolute Gasteiger partial charge is 0.234 e. The first-order valence-corrected chi connectivity index (χ1v) is 10.4. The minimum Gasteiger partial charge on any atom is -0.351 e. The van der Waals surface area contributed by atoms with Crippen LogP contribution in [0.5, 0.6) is 0 Å². The van der Waals surface area contributed by atoms with Gasteiger partial charge >= 0.3 is 0 Å². The molecule has 1 aromatic heterocycles. The molecular weight excluding hydrogens is 368 g/mol. The van der Waals surface area contributed by atoms with E-state index < -0.39 is 0 Å². The van der Waals surface area contributed by atoms with Gasteiger partial charge in [-0.25, -0.2) is 0 Å². The van der Waals surface area contributed by atoms with Crippen molar-refractivity contribution < 1.29 is 4.79 Å². The van der Waals surface area contributed by atoms with Crippen molar-refractivity contribution >= 4 is 28.8 Å². The number of halogens is 1. The first kappa shape index (κ1) is 17.9. The van der Waals surface area contributed by atoms with Gasteiger partial charge in [0.05, 0.1) is 6.54 Å². The SMILES string of the molecule is O=C(CN1CCC(c2nnc(C3CC3)s2)CC1)NCc1ccccc1Cl. The highest BCUT2D eigenvalue weighted by atomic mass is 35.5. The van der Waals surface area contributed by atoms with Crippen molar-refractivity contribution in [1.29, 1.82) is 0 Å². The zero-order valence-electron chi connectivity index (χ0n) is 14.7. The van der Waals surface area contributed by atoms with Crippen molar-refractivity contribution in [2.75, 3.05) is 19.6 Å². The molecule has 1 aliphatic heterocycles. The number of nitrogens with zero attached hydrogens (tertiary/aromatic N) is 3. The molecule has 1 saturated heterocycles. The summed E-state index contributed by atoms with van der Waals surface area (Å²) in [5.74, 6) is 1.24. The fourth-order valence-corrected chi connectivity index (χ4v) is 4.72. The van der Waals surface area contributed by atoms with Gasteiger partial charge in [0.2, 0.25) is 5.91 Å². The molecule has 0 radical (unpaired) electrons. The van der Waals surface area contributed by atoms with Crippen LogP contribution in [0.3, 0.4) is 0 Å². The highest BCUT2D eigenvalue weighted by Crippen LogP contribution is 2.43. The Labute approximate surface area is 162 Å². The molecule has 0 bridgehead atoms. The van der Waals surface area contributed by atoms with Gasteiger partial charge in [0, 0.05) is 23.4 Å². The molecule has 2 fully saturated rings. The third-order valence-electron chi connectivity index (χ3n) is 5.12. The number of rotatable bonds is 6. The Hall–Kier alpha value is -1.50. The normalized spacial score (nSPS) is 18.8. The maximum Gasteiger partial charge on any atom is 0.234 e. The molecule has 26 heavy (non-hydrogen) atoms. The van der Waals surface area contributed by atoms with Gasteiger partial charge < -0.3 is 5.32 Å². The minimum atomic E-state index is 0.0512. The van der Waals surface area contributed by atoms with E-state index in [0.29, 0.717) is 29.9 Å². The molecule has 1 aromatic carbocycles. The summed E-state index contributed by atoms with van der Waals surface area (Å²) < 4.78 is 0. The molecular formula is C19H23ClN4OS. The topological polar surface area (TPSA) is 58.1 Å². The number of carbonyl (C=O) groups excluding carboxylic acids is 1. The van der Waals surface area contributed by atoms with Crippen LogP contribution in [0.25, 0.3) is 0 Å². The van der Waals surface area contributed by atoms with Crippen molar-refractivity contribution in [3.8, 4) is 0 Å². The molecule has 0 unspecified atom stereocenters. The Balaban J connectivity index is 1.21. The number of hydrogen-bond donors (Lipinski definition) is 1. The van der Waals surface area contributed by atoms with Crippen molar-refractivity contribution in [3.63, 3.8) is 0 Å². The molecule has 5 nitrogen and oxygen atoms in total. The Morgan fingerprint density at radius 2 is 1.77 bits per heavy atom. The summed E-state index contributed by atoms with van der Waals surface area (Å²) in [4.78, 5) is 14.4. The minimum absolute atomic E-state index is 0.0512. The first-order chi connectivity index (χ1) is 12.7. The zero-order chi connectivity index (χ0) is 17.9. The number of aromatic nitrogens is 2. The highest BCUT2D eigenvalue weighted by Gasteiger charge is 2.30. The summed E-state index contributed by atoms with van der Waals surface area (Å²) in [6, 6.07) is 7.60. The molecule has 4 rings (SSSR count). The Bertz CT molecular complexity index is 768. The van der Waals surface area contributed by atoms with Crippen LogP contribution in [-0.2, 0) is 11.3 Å². The van der Waals surface area contributed by atoms with Crippen LogP contribution < -0.4 is 5.32 Å². The fraction of sp³-hybridized carbons (Fsp3) is 0.526. The summed E-state index contributed by atoms with van der Waals surface area (Å²) in [6.45, 7) is 2.79. The van der Waals surface area contributed by atoms with Crippen LogP contribution in [0, 0.1) is 0 Å². The lowest BCUT2D eigenvalue weighted by molar-refractivity contribution is -0.122. The summed E-state index contributed by atoms with van der Waals surface area (Å²) in [7, 11) is 0. The zero-order valence-corrected chi connectivity index (χ0v) is 16.2. The molecule has 1 aliphatic carbocycles. The molecule has 2 aliphatic rings. The molecule has 0 spiro atoms. The number of hydrogen-bond acceptors (Lipinski definition) is 5. The van der Waals surface area contributed by atoms with Crippen LogP contribution in [0.1, 0.15) is 53.1 Å². The second kappa shape index (κ2) is 8.03. The van der Waals surface area contributed by atoms with Gasteiger partial charge in [0.1, 0.15) is 10.0 Å². The van der Waals surface area contributed by atoms with Crippen LogP contribution in [0.4, 0.5) is 0 Å². The van der Waals surface area contributed by atoms with Crippen molar-refractivity contribution in [1.82, 2.24) is 20.4 Å². The van der Waals surface area contributed by atoms with Crippen LogP contribution in [0.15, 0.2) is 24.3 Å². The van der Waals surface area contributed by atoms with Gasteiger partial charge in [-0.15, -0.1) is 21.5 Å². The van der Waals surface area contributed by atoms with E-state index in [-0.39, 0.29) is 5.91 Å². The first-order valence-electron chi connectivity index (χ1n) is 9.25. The standard InChI is InChI=1S/C19H23ClN4OS/c20-16-4-2-1-3-15(16)11-21-17(25)12-24-9-7-14(8-10-24)19-23-22-18(26-19)13-5-6-13/h1-4,13-14H,5-12H2,(H,21,25). The Morgan fingerprint density at radius 3 is 2.42 bits per heavy atom. The average Bonchev–Trinajstić information content (AvgIpc) is 3.39. The lowest BCUT2D eigenvalue weighted by atomic mass is 9.98. The van der Waals surface area contributed by atoms with Gasteiger partial charge in [-0.05, 0) is 50.4 Å². The number of nitrogens with one attached hydrogen (secondary N) is 1. The van der Waals surface area contributed by atoms with E-state index in [9.17, 15) is 4.79 Å². The molecule has 2 heterocycles. The predicted molar refractivity (Wildman–Crippen MR) is 104 cm³/mol. The van der Waals surface area contributed by atoms with Crippen LogP contribution in [0.2, 0.25) is 5.02 Å². The van der Waals surface area contributed by atoms with E-state index in [4.69, 9.17) is 11.6 Å². The third kappa shape index (κ3) is 4.42. The fourth-order valence-electron chi connectivity index (χ4n) is 3.34. The molecule has 7 heteroatoms. The van der Waals surface area contributed by atoms with Gasteiger partial charge in [0.15, 0.2) is 0 Å².